The number of aliphatic carboxylic acids is 2. The van der Waals surface area contributed by atoms with Crippen molar-refractivity contribution in [3.05, 3.63) is 102 Å². The summed E-state index contributed by atoms with van der Waals surface area (Å²) in [7, 11) is 5.38. The Morgan fingerprint density at radius 3 is 1.61 bits per heavy atom. The van der Waals surface area contributed by atoms with Gasteiger partial charge in [0.1, 0.15) is 72.2 Å². The minimum Gasteiger partial charge on any atom is -0.497 e. The van der Waals surface area contributed by atoms with Crippen LogP contribution in [0.2, 0.25) is 0 Å². The molecular weight excluding hydrogens is 1730 g/mol. The van der Waals surface area contributed by atoms with Gasteiger partial charge in [0.25, 0.3) is 0 Å². The number of benzene rings is 3. The molecule has 8 rings (SSSR count). The van der Waals surface area contributed by atoms with Crippen molar-refractivity contribution in [3.63, 3.8) is 0 Å². The number of amides is 14. The van der Waals surface area contributed by atoms with Crippen molar-refractivity contribution in [1.29, 1.82) is 0 Å². The highest BCUT2D eigenvalue weighted by molar-refractivity contribution is 8.00. The fourth-order valence-corrected chi connectivity index (χ4v) is 17.5. The smallest absolute Gasteiger partial charge is 0.303 e. The van der Waals surface area contributed by atoms with Crippen molar-refractivity contribution in [2.75, 3.05) is 72.5 Å². The lowest BCUT2D eigenvalue weighted by Gasteiger charge is -2.36. The Morgan fingerprint density at radius 2 is 1.02 bits per heavy atom. The molecule has 5 heterocycles. The maximum atomic E-state index is 15.8. The van der Waals surface area contributed by atoms with E-state index < -0.39 is 273 Å². The monoisotopic (exact) mass is 1860 g/mol. The van der Waals surface area contributed by atoms with E-state index >= 15 is 33.6 Å². The SMILES string of the molecule is CCCC[C@H]1C(=O)N(C)[C@@H](CCCC)C(=O)N[C@@H](CCC(=O)O)C(=O)N[C@H](C(=O)CCC(N)=O)CSCC(=O)N[C@@H](Cc2ccc(OC)cc2)C(=O)N(C)[C@@H](C)C(=O)N[C@@H](CCN)C(=O)N2CCC[C@H]2C(=O)N[C@@H](CN)C(=O)N[C@@H](CCC(=O)O)C(=O)N2C[C@H](O)C[C@H]2C(=O)N[C@@H](Cc2c[nH]c3ccccc23)C(=O)C[C@@H](CCN)C(=O)N[C@@H](Cc2c[nH]c3ccccc23)C(=O)N1C. The number of aromatic nitrogens is 2. The van der Waals surface area contributed by atoms with Gasteiger partial charge in [0, 0.05) is 144 Å². The average molecular weight is 1860 g/mol. The molecule has 3 aromatic carbocycles. The minimum atomic E-state index is -1.79. The zero-order chi connectivity index (χ0) is 96.7. The van der Waals surface area contributed by atoms with Crippen LogP contribution in [-0.4, -0.2) is 313 Å². The number of H-pyrrole nitrogens is 2. The zero-order valence-electron chi connectivity index (χ0n) is 75.6. The number of nitrogens with one attached hydrogen (secondary N) is 10. The predicted octanol–water partition coefficient (Wildman–Crippen LogP) is -1.06. The number of rotatable bonds is 28. The number of carbonyl (C=O) groups is 18. The molecule has 15 atom stereocenters. The number of aromatic amines is 2. The average Bonchev–Trinajstić information content (AvgIpc) is 1.55. The molecular formula is C90H127N19O22S. The second-order valence-electron chi connectivity index (χ2n) is 33.7. The summed E-state index contributed by atoms with van der Waals surface area (Å²) in [6.07, 6.45) is -2.22. The Morgan fingerprint density at radius 1 is 0.508 bits per heavy atom. The number of carboxylic acids is 2. The van der Waals surface area contributed by atoms with Gasteiger partial charge in [0.2, 0.25) is 82.7 Å². The molecule has 3 fully saturated rings. The first kappa shape index (κ1) is 105. The van der Waals surface area contributed by atoms with E-state index in [9.17, 15) is 68.1 Å². The largest absolute Gasteiger partial charge is 0.497 e. The third kappa shape index (κ3) is 29.0. The summed E-state index contributed by atoms with van der Waals surface area (Å²) in [5.41, 5.74) is 26.8. The van der Waals surface area contributed by atoms with E-state index in [-0.39, 0.29) is 77.4 Å². The number of thioether (sulfide) groups is 1. The number of aliphatic hydroxyl groups is 1. The van der Waals surface area contributed by atoms with Crippen molar-refractivity contribution in [2.45, 2.75) is 240 Å². The van der Waals surface area contributed by atoms with E-state index in [2.05, 4.69) is 52.5 Å². The number of methoxy groups -OCH3 is 1. The number of aliphatic hydroxyl groups excluding tert-OH is 1. The second-order valence-corrected chi connectivity index (χ2v) is 34.8. The normalized spacial score (nSPS) is 25.1. The lowest BCUT2D eigenvalue weighted by atomic mass is 9.91. The molecule has 41 nitrogen and oxygen atoms in total. The molecule has 2 aromatic heterocycles. The molecule has 0 spiro atoms. The predicted molar refractivity (Wildman–Crippen MR) is 485 cm³/mol. The summed E-state index contributed by atoms with van der Waals surface area (Å²) in [6.45, 7) is 3.36. The molecule has 3 aliphatic rings. The van der Waals surface area contributed by atoms with Crippen molar-refractivity contribution in [2.24, 2.45) is 28.9 Å². The van der Waals surface area contributed by atoms with Gasteiger partial charge < -0.3 is 120 Å². The molecule has 720 valence electrons. The van der Waals surface area contributed by atoms with E-state index in [0.29, 0.717) is 69.9 Å². The number of carbonyl (C=O) groups excluding carboxylic acids is 16. The first-order valence-corrected chi connectivity index (χ1v) is 45.8. The Bertz CT molecular complexity index is 4930. The van der Waals surface area contributed by atoms with Crippen molar-refractivity contribution in [3.8, 4) is 5.75 Å². The van der Waals surface area contributed by atoms with Crippen LogP contribution in [0.4, 0.5) is 0 Å². The van der Waals surface area contributed by atoms with Crippen LogP contribution in [0.1, 0.15) is 153 Å². The number of ether oxygens (including phenoxy) is 1. The molecule has 0 bridgehead atoms. The highest BCUT2D eigenvalue weighted by Crippen LogP contribution is 2.29. The van der Waals surface area contributed by atoms with E-state index in [4.69, 9.17) is 27.7 Å². The van der Waals surface area contributed by atoms with Gasteiger partial charge in [-0.2, -0.15) is 0 Å². The number of primary amides is 1. The van der Waals surface area contributed by atoms with Gasteiger partial charge in [-0.15, -0.1) is 11.8 Å². The molecule has 0 radical (unpaired) electrons. The van der Waals surface area contributed by atoms with Crippen LogP contribution >= 0.6 is 11.8 Å². The van der Waals surface area contributed by atoms with Crippen molar-refractivity contribution < 1.29 is 106 Å². The third-order valence-electron chi connectivity index (χ3n) is 24.3. The number of hydrogen-bond acceptors (Lipinski definition) is 24. The maximum Gasteiger partial charge on any atom is 0.303 e. The van der Waals surface area contributed by atoms with Crippen LogP contribution < -0.4 is 70.2 Å². The Balaban J connectivity index is 1.19. The number of fused-ring (bicyclic) bond motifs is 4. The molecule has 14 amide bonds. The molecule has 3 saturated heterocycles. The Hall–Kier alpha value is -12.4. The lowest BCUT2D eigenvalue weighted by molar-refractivity contribution is -0.149. The molecule has 0 saturated carbocycles. The van der Waals surface area contributed by atoms with Gasteiger partial charge in [0.15, 0.2) is 11.6 Å². The summed E-state index contributed by atoms with van der Waals surface area (Å²) >= 11 is 0.786. The summed E-state index contributed by atoms with van der Waals surface area (Å²) < 4.78 is 5.34. The highest BCUT2D eigenvalue weighted by Gasteiger charge is 2.47. The van der Waals surface area contributed by atoms with E-state index in [0.717, 1.165) is 36.3 Å². The minimum absolute atomic E-state index is 0.0101. The molecule has 21 N–H and O–H groups in total. The maximum absolute atomic E-state index is 15.8. The van der Waals surface area contributed by atoms with E-state index in [1.165, 1.54) is 35.2 Å². The highest BCUT2D eigenvalue weighted by atomic mass is 32.2. The number of para-hydroxylation sites is 2. The summed E-state index contributed by atoms with van der Waals surface area (Å²) in [4.78, 5) is 272. The van der Waals surface area contributed by atoms with Crippen LogP contribution in [0.5, 0.6) is 5.75 Å². The van der Waals surface area contributed by atoms with Crippen molar-refractivity contribution in [1.82, 2.24) is 77.0 Å². The van der Waals surface area contributed by atoms with Crippen molar-refractivity contribution >= 4 is 140 Å². The number of Topliss-reactive ketones (excluding diaryl/α,β-unsaturated/α-hetero) is 2. The molecule has 0 unspecified atom stereocenters. The third-order valence-corrected chi connectivity index (χ3v) is 25.3. The fraction of sp³-hybridized carbons (Fsp3) is 0.556. The van der Waals surface area contributed by atoms with Crippen LogP contribution in [0, 0.1) is 5.92 Å². The van der Waals surface area contributed by atoms with Gasteiger partial charge in [0.05, 0.1) is 31.1 Å². The number of unbranched alkanes of at least 4 members (excludes halogenated alkanes) is 2. The van der Waals surface area contributed by atoms with Gasteiger partial charge in [-0.3, -0.25) is 86.3 Å². The van der Waals surface area contributed by atoms with Crippen LogP contribution in [0.25, 0.3) is 21.8 Å². The van der Waals surface area contributed by atoms with Crippen LogP contribution in [-0.2, 0) is 106 Å². The molecule has 132 heavy (non-hydrogen) atoms. The fourth-order valence-electron chi connectivity index (χ4n) is 16.6. The lowest BCUT2D eigenvalue weighted by Crippen LogP contribution is -2.61. The Labute approximate surface area is 768 Å². The number of carboxylic acid groups (broad SMARTS) is 2. The van der Waals surface area contributed by atoms with E-state index in [1.807, 2.05) is 13.8 Å². The number of likely N-dealkylation sites (N-methyl/N-ethyl adjacent to an activating group) is 3. The first-order valence-electron chi connectivity index (χ1n) is 44.7. The topological polar surface area (TPSA) is 625 Å². The summed E-state index contributed by atoms with van der Waals surface area (Å²) in [5, 5.41) is 53.9. The van der Waals surface area contributed by atoms with Gasteiger partial charge in [-0.25, -0.2) is 0 Å². The standard InChI is InChI=1S/C90H127N19O22S/c1-8-10-21-69-83(123)98-61(28-32-77(115)116)81(121)104-68(73(111)30-31-75(94)113)48-132-49-76(114)97-65(39-51-24-26-56(131-7)27-25-51)86(126)105(4)50(3)79(119)99-63(35-37-92)88(128)108-38-16-23-70(108)84(124)103-67(44-93)82(122)100-62(29-33-78(117)118)89(129)109-47-55(110)43-72(109)85(125)101-64(40-53-45-95-59-19-14-12-17-57(53)59)74(112)42-52(34-36-91)80(120)102-66(41-54-46-96-60-20-15-13-18-58(54)60)87(127)107(6)71(22-11-9-2)90(130)106(69)5/h12-15,17-20,24-27,45-46,50,52,55,61-72,95-96,110H,8-11,16,21-23,28-44,47-49,91-93H2,1-7H3,(H2,94,113)(H,97,114)(H,98,123)(H,99,119)(H,100,122)(H,101,125)(H,102,120)(H,103,124)(H,104,121)(H,115,116)(H,117,118)/t50-,52+,55+,61-,62-,63-,64-,65-,66-,67-,68-,69-,70-,71-,72-/m0/s1. The molecule has 42 heteroatoms. The van der Waals surface area contributed by atoms with Gasteiger partial charge in [-0.05, 0) is 112 Å². The summed E-state index contributed by atoms with van der Waals surface area (Å²) in [6, 6.07) is 0.735. The number of ketones is 2. The molecule has 3 aliphatic heterocycles. The quantitative estimate of drug-likeness (QED) is 0.0284. The van der Waals surface area contributed by atoms with Crippen LogP contribution in [0.3, 0.4) is 0 Å². The zero-order valence-corrected chi connectivity index (χ0v) is 76.4. The van der Waals surface area contributed by atoms with Gasteiger partial charge >= 0.3 is 11.9 Å². The first-order chi connectivity index (χ1) is 62.9. The van der Waals surface area contributed by atoms with Gasteiger partial charge in [-0.1, -0.05) is 88.1 Å². The van der Waals surface area contributed by atoms with E-state index in [1.54, 1.807) is 85.2 Å². The molecule has 5 aromatic rings. The number of hydrogen-bond donors (Lipinski definition) is 17. The molecule has 0 aliphatic carbocycles. The number of nitrogens with zero attached hydrogens (tertiary/aromatic N) is 5. The van der Waals surface area contributed by atoms with Crippen LogP contribution in [0.15, 0.2) is 85.2 Å². The summed E-state index contributed by atoms with van der Waals surface area (Å²) in [5.74, 6) is -18.9. The second kappa shape index (κ2) is 50.8. The number of nitrogens with two attached hydrogens (primary N) is 4. The Kier molecular flexibility index (Phi) is 40.4.